The van der Waals surface area contributed by atoms with E-state index in [1.165, 1.54) is 12.5 Å². The van der Waals surface area contributed by atoms with Crippen LogP contribution in [-0.2, 0) is 9.59 Å². The molecule has 146 valence electrons. The van der Waals surface area contributed by atoms with Crippen molar-refractivity contribution < 1.29 is 23.5 Å². The molecule has 1 fully saturated rings. The van der Waals surface area contributed by atoms with Gasteiger partial charge >= 0.3 is 0 Å². The van der Waals surface area contributed by atoms with E-state index in [0.29, 0.717) is 42.2 Å². The van der Waals surface area contributed by atoms with E-state index in [-0.39, 0.29) is 23.6 Å². The molecule has 3 amide bonds. The van der Waals surface area contributed by atoms with Crippen LogP contribution in [0.25, 0.3) is 0 Å². The average Bonchev–Trinajstić information content (AvgIpc) is 3.23. The number of nitrogens with one attached hydrogen (secondary N) is 2. The van der Waals surface area contributed by atoms with Crippen LogP contribution in [0.3, 0.4) is 0 Å². The van der Waals surface area contributed by atoms with E-state index in [4.69, 9.17) is 9.15 Å². The molecule has 2 unspecified atom stereocenters. The highest BCUT2D eigenvalue weighted by molar-refractivity contribution is 6.00. The van der Waals surface area contributed by atoms with Gasteiger partial charge in [-0.3, -0.25) is 14.4 Å². The van der Waals surface area contributed by atoms with Crippen LogP contribution in [0.4, 0.5) is 11.4 Å². The standard InChI is InChI=1S/C20H21N3O5/c1-12-18(24)22-16-9-15(4-5-17(16)28-12)21-19(25)13-3-2-7-23(10-13)20(26)14-6-8-27-11-14/h4-6,8-9,11-13H,2-3,7,10H2,1H3,(H,21,25)(H,22,24). The summed E-state index contributed by atoms with van der Waals surface area (Å²) in [6.07, 6.45) is 3.79. The van der Waals surface area contributed by atoms with E-state index in [2.05, 4.69) is 10.6 Å². The molecule has 1 saturated heterocycles. The van der Waals surface area contributed by atoms with Crippen molar-refractivity contribution >= 4 is 29.1 Å². The number of piperidine rings is 1. The van der Waals surface area contributed by atoms with Crippen LogP contribution in [0.1, 0.15) is 30.1 Å². The minimum atomic E-state index is -0.547. The number of carbonyl (C=O) groups is 3. The number of benzene rings is 1. The summed E-state index contributed by atoms with van der Waals surface area (Å²) >= 11 is 0. The molecule has 0 saturated carbocycles. The van der Waals surface area contributed by atoms with Gasteiger partial charge in [0.1, 0.15) is 12.0 Å². The van der Waals surface area contributed by atoms with Crippen LogP contribution < -0.4 is 15.4 Å². The molecule has 3 heterocycles. The lowest BCUT2D eigenvalue weighted by atomic mass is 9.96. The maximum Gasteiger partial charge on any atom is 0.265 e. The third-order valence-electron chi connectivity index (χ3n) is 5.03. The molecule has 2 aromatic rings. The summed E-state index contributed by atoms with van der Waals surface area (Å²) in [4.78, 5) is 38.7. The van der Waals surface area contributed by atoms with Gasteiger partial charge in [0.05, 0.1) is 23.4 Å². The predicted octanol–water partition coefficient (Wildman–Crippen LogP) is 2.49. The molecule has 1 aromatic heterocycles. The van der Waals surface area contributed by atoms with E-state index in [0.717, 1.165) is 6.42 Å². The summed E-state index contributed by atoms with van der Waals surface area (Å²) in [6, 6.07) is 6.75. The Morgan fingerprint density at radius 1 is 1.29 bits per heavy atom. The van der Waals surface area contributed by atoms with E-state index < -0.39 is 6.10 Å². The van der Waals surface area contributed by atoms with Crippen molar-refractivity contribution in [3.05, 3.63) is 42.4 Å². The smallest absolute Gasteiger partial charge is 0.265 e. The molecule has 4 rings (SSSR count). The predicted molar refractivity (Wildman–Crippen MR) is 101 cm³/mol. The van der Waals surface area contributed by atoms with Crippen LogP contribution >= 0.6 is 0 Å². The van der Waals surface area contributed by atoms with Gasteiger partial charge in [-0.15, -0.1) is 0 Å². The van der Waals surface area contributed by atoms with Gasteiger partial charge < -0.3 is 24.7 Å². The molecule has 1 aromatic carbocycles. The van der Waals surface area contributed by atoms with Crippen molar-refractivity contribution in [2.24, 2.45) is 5.92 Å². The third kappa shape index (κ3) is 3.58. The molecule has 2 aliphatic rings. The number of hydrogen-bond donors (Lipinski definition) is 2. The lowest BCUT2D eigenvalue weighted by molar-refractivity contribution is -0.123. The van der Waals surface area contributed by atoms with Crippen molar-refractivity contribution in [1.29, 1.82) is 0 Å². The largest absolute Gasteiger partial charge is 0.479 e. The first-order chi connectivity index (χ1) is 13.5. The lowest BCUT2D eigenvalue weighted by Gasteiger charge is -2.32. The van der Waals surface area contributed by atoms with Gasteiger partial charge in [-0.2, -0.15) is 0 Å². The molecule has 0 aliphatic carbocycles. The van der Waals surface area contributed by atoms with Crippen LogP contribution in [0.15, 0.2) is 41.2 Å². The maximum atomic E-state index is 12.7. The first-order valence-corrected chi connectivity index (χ1v) is 9.25. The molecule has 2 N–H and O–H groups in total. The summed E-state index contributed by atoms with van der Waals surface area (Å²) in [5.74, 6) is -0.238. The van der Waals surface area contributed by atoms with E-state index in [9.17, 15) is 14.4 Å². The molecular weight excluding hydrogens is 362 g/mol. The average molecular weight is 383 g/mol. The van der Waals surface area contributed by atoms with Gasteiger partial charge in [-0.25, -0.2) is 0 Å². The van der Waals surface area contributed by atoms with Crippen LogP contribution in [0, 0.1) is 5.92 Å². The summed E-state index contributed by atoms with van der Waals surface area (Å²) < 4.78 is 10.5. The number of carbonyl (C=O) groups excluding carboxylic acids is 3. The zero-order valence-corrected chi connectivity index (χ0v) is 15.4. The molecule has 8 nitrogen and oxygen atoms in total. The monoisotopic (exact) mass is 383 g/mol. The topological polar surface area (TPSA) is 101 Å². The van der Waals surface area contributed by atoms with Crippen LogP contribution in [0.2, 0.25) is 0 Å². The fourth-order valence-electron chi connectivity index (χ4n) is 3.48. The molecule has 0 spiro atoms. The van der Waals surface area contributed by atoms with Crippen LogP contribution in [0.5, 0.6) is 5.75 Å². The number of amides is 3. The minimum Gasteiger partial charge on any atom is -0.479 e. The van der Waals surface area contributed by atoms with E-state index in [1.807, 2.05) is 0 Å². The zero-order chi connectivity index (χ0) is 19.7. The lowest BCUT2D eigenvalue weighted by Crippen LogP contribution is -2.43. The number of furan rings is 1. The number of rotatable bonds is 3. The summed E-state index contributed by atoms with van der Waals surface area (Å²) in [7, 11) is 0. The van der Waals surface area contributed by atoms with E-state index in [1.54, 1.807) is 36.1 Å². The second-order valence-electron chi connectivity index (χ2n) is 7.05. The minimum absolute atomic E-state index is 0.131. The van der Waals surface area contributed by atoms with Gasteiger partial charge in [0.25, 0.3) is 11.8 Å². The quantitative estimate of drug-likeness (QED) is 0.848. The maximum absolute atomic E-state index is 12.7. The van der Waals surface area contributed by atoms with Gasteiger partial charge in [0.15, 0.2) is 6.10 Å². The second-order valence-corrected chi connectivity index (χ2v) is 7.05. The number of nitrogens with zero attached hydrogens (tertiary/aromatic N) is 1. The molecule has 0 bridgehead atoms. The van der Waals surface area contributed by atoms with Crippen LogP contribution in [-0.4, -0.2) is 41.8 Å². The molecular formula is C20H21N3O5. The SMILES string of the molecule is CC1Oc2ccc(NC(=O)C3CCCN(C(=O)c4ccoc4)C3)cc2NC1=O. The molecule has 8 heteroatoms. The first-order valence-electron chi connectivity index (χ1n) is 9.25. The summed E-state index contributed by atoms with van der Waals surface area (Å²) in [5, 5.41) is 5.64. The normalized spacial score (nSPS) is 21.3. The number of ether oxygens (including phenoxy) is 1. The van der Waals surface area contributed by atoms with Gasteiger partial charge in [0, 0.05) is 18.8 Å². The summed E-state index contributed by atoms with van der Waals surface area (Å²) in [5.41, 5.74) is 1.59. The number of likely N-dealkylation sites (tertiary alicyclic amines) is 1. The van der Waals surface area contributed by atoms with E-state index >= 15 is 0 Å². The fraction of sp³-hybridized carbons (Fsp3) is 0.350. The van der Waals surface area contributed by atoms with Crippen molar-refractivity contribution in [2.75, 3.05) is 23.7 Å². The molecule has 0 radical (unpaired) electrons. The van der Waals surface area contributed by atoms with Crippen molar-refractivity contribution in [2.45, 2.75) is 25.9 Å². The van der Waals surface area contributed by atoms with Crippen molar-refractivity contribution in [1.82, 2.24) is 4.90 Å². The fourth-order valence-corrected chi connectivity index (χ4v) is 3.48. The first kappa shape index (κ1) is 18.1. The van der Waals surface area contributed by atoms with Gasteiger partial charge in [0.2, 0.25) is 5.91 Å². The Kier molecular flexibility index (Phi) is 4.77. The highest BCUT2D eigenvalue weighted by Gasteiger charge is 2.30. The molecule has 2 atom stereocenters. The third-order valence-corrected chi connectivity index (χ3v) is 5.03. The highest BCUT2D eigenvalue weighted by atomic mass is 16.5. The Morgan fingerprint density at radius 2 is 2.14 bits per heavy atom. The zero-order valence-electron chi connectivity index (χ0n) is 15.4. The number of fused-ring (bicyclic) bond motifs is 1. The van der Waals surface area contributed by atoms with Gasteiger partial charge in [-0.1, -0.05) is 0 Å². The Balaban J connectivity index is 1.41. The Morgan fingerprint density at radius 3 is 2.93 bits per heavy atom. The number of anilines is 2. The Bertz CT molecular complexity index is 909. The van der Waals surface area contributed by atoms with Crippen molar-refractivity contribution in [3.63, 3.8) is 0 Å². The molecule has 28 heavy (non-hydrogen) atoms. The Hall–Kier alpha value is -3.29. The second kappa shape index (κ2) is 7.38. The number of hydrogen-bond acceptors (Lipinski definition) is 5. The Labute approximate surface area is 161 Å². The summed E-state index contributed by atoms with van der Waals surface area (Å²) in [6.45, 7) is 2.65. The molecule has 2 aliphatic heterocycles. The highest BCUT2D eigenvalue weighted by Crippen LogP contribution is 2.32. The van der Waals surface area contributed by atoms with Crippen molar-refractivity contribution in [3.8, 4) is 5.75 Å². The van der Waals surface area contributed by atoms with Gasteiger partial charge in [-0.05, 0) is 44.0 Å².